The molecule has 4 nitrogen and oxygen atoms in total. The largest absolute Gasteiger partial charge is 0.335 e. The molecule has 0 unspecified atom stereocenters. The maximum absolute atomic E-state index is 12.4. The van der Waals surface area contributed by atoms with E-state index in [1.165, 1.54) is 0 Å². The zero-order valence-electron chi connectivity index (χ0n) is 15.3. The Hall–Kier alpha value is -3.84. The van der Waals surface area contributed by atoms with Crippen molar-refractivity contribution in [3.63, 3.8) is 0 Å². The van der Waals surface area contributed by atoms with Gasteiger partial charge in [0, 0.05) is 22.7 Å². The number of para-hydroxylation sites is 1. The number of rotatable bonds is 5. The molecule has 0 radical (unpaired) electrons. The molecule has 0 bridgehead atoms. The Balaban J connectivity index is 1.50. The highest BCUT2D eigenvalue weighted by atomic mass is 16.2. The van der Waals surface area contributed by atoms with Crippen LogP contribution in [-0.2, 0) is 17.8 Å². The molecule has 0 aliphatic heterocycles. The molecular weight excluding hydrogens is 346 g/mol. The molecule has 4 aromatic rings. The Kier molecular flexibility index (Phi) is 4.90. The predicted molar refractivity (Wildman–Crippen MR) is 114 cm³/mol. The second-order valence-electron chi connectivity index (χ2n) is 6.54. The number of benzene rings is 3. The van der Waals surface area contributed by atoms with Gasteiger partial charge in [-0.25, -0.2) is 5.43 Å². The summed E-state index contributed by atoms with van der Waals surface area (Å²) in [4.78, 5) is 12.4. The monoisotopic (exact) mass is 365 g/mol. The van der Waals surface area contributed by atoms with E-state index in [-0.39, 0.29) is 12.3 Å². The van der Waals surface area contributed by atoms with Crippen molar-refractivity contribution in [1.82, 2.24) is 9.99 Å². The summed E-state index contributed by atoms with van der Waals surface area (Å²) in [6.07, 6.45) is 9.34. The van der Waals surface area contributed by atoms with E-state index in [0.717, 1.165) is 32.8 Å². The van der Waals surface area contributed by atoms with Gasteiger partial charge in [-0.2, -0.15) is 5.10 Å². The number of hydrogen-bond acceptors (Lipinski definition) is 2. The molecule has 1 heterocycles. The van der Waals surface area contributed by atoms with E-state index >= 15 is 0 Å². The first kappa shape index (κ1) is 17.6. The number of nitrogens with zero attached hydrogens (tertiary/aromatic N) is 2. The molecule has 0 saturated heterocycles. The van der Waals surface area contributed by atoms with Gasteiger partial charge in [0.05, 0.1) is 19.2 Å². The normalized spacial score (nSPS) is 11.1. The van der Waals surface area contributed by atoms with E-state index < -0.39 is 0 Å². The van der Waals surface area contributed by atoms with Crippen molar-refractivity contribution in [2.24, 2.45) is 5.10 Å². The number of nitrogens with one attached hydrogen (secondary N) is 1. The maximum Gasteiger partial charge on any atom is 0.244 e. The van der Waals surface area contributed by atoms with Crippen LogP contribution in [0, 0.1) is 12.3 Å². The number of fused-ring (bicyclic) bond motifs is 2. The van der Waals surface area contributed by atoms with Gasteiger partial charge >= 0.3 is 0 Å². The topological polar surface area (TPSA) is 46.4 Å². The molecule has 0 saturated carbocycles. The van der Waals surface area contributed by atoms with Crippen LogP contribution in [0.5, 0.6) is 0 Å². The lowest BCUT2D eigenvalue weighted by Crippen LogP contribution is -2.19. The molecule has 4 rings (SSSR count). The predicted octanol–water partition coefficient (Wildman–Crippen LogP) is 4.12. The van der Waals surface area contributed by atoms with E-state index in [1.54, 1.807) is 6.21 Å². The van der Waals surface area contributed by atoms with Gasteiger partial charge in [-0.1, -0.05) is 66.6 Å². The Bertz CT molecular complexity index is 1220. The van der Waals surface area contributed by atoms with Crippen LogP contribution >= 0.6 is 0 Å². The number of amides is 1. The molecule has 0 aliphatic carbocycles. The number of aromatic nitrogens is 1. The number of carbonyl (C=O) groups is 1. The van der Waals surface area contributed by atoms with Crippen molar-refractivity contribution in [3.8, 4) is 12.3 Å². The molecule has 0 spiro atoms. The van der Waals surface area contributed by atoms with Gasteiger partial charge in [0.2, 0.25) is 5.91 Å². The molecule has 0 atom stereocenters. The number of terminal acetylenes is 1. The molecular formula is C24H19N3O. The first-order valence-electron chi connectivity index (χ1n) is 9.06. The molecule has 0 fully saturated rings. The summed E-state index contributed by atoms with van der Waals surface area (Å²) in [5.41, 5.74) is 5.57. The highest BCUT2D eigenvalue weighted by Gasteiger charge is 2.07. The standard InChI is InChI=1S/C24H19N3O/c1-2-14-27-17-20(22-12-5-6-13-23(22)27)16-25-26-24(28)15-19-10-7-9-18-8-3-4-11-21(18)19/h1,3-13,16-17H,14-15H2,(H,26,28)/b25-16-. The second-order valence-corrected chi connectivity index (χ2v) is 6.54. The first-order chi connectivity index (χ1) is 13.8. The van der Waals surface area contributed by atoms with Crippen LogP contribution in [0.4, 0.5) is 0 Å². The molecule has 4 heteroatoms. The van der Waals surface area contributed by atoms with Crippen LogP contribution in [0.3, 0.4) is 0 Å². The van der Waals surface area contributed by atoms with Gasteiger partial charge in [-0.15, -0.1) is 6.42 Å². The van der Waals surface area contributed by atoms with Gasteiger partial charge in [-0.3, -0.25) is 4.79 Å². The van der Waals surface area contributed by atoms with Crippen LogP contribution in [0.15, 0.2) is 78.0 Å². The Labute approximate surface area is 163 Å². The summed E-state index contributed by atoms with van der Waals surface area (Å²) >= 11 is 0. The minimum Gasteiger partial charge on any atom is -0.335 e. The minimum atomic E-state index is -0.153. The van der Waals surface area contributed by atoms with Crippen LogP contribution in [0.1, 0.15) is 11.1 Å². The molecule has 0 aliphatic rings. The van der Waals surface area contributed by atoms with Gasteiger partial charge in [0.15, 0.2) is 0 Å². The fourth-order valence-corrected chi connectivity index (χ4v) is 3.44. The Morgan fingerprint density at radius 1 is 1.04 bits per heavy atom. The van der Waals surface area contributed by atoms with Gasteiger partial charge in [0.25, 0.3) is 0 Å². The maximum atomic E-state index is 12.4. The minimum absolute atomic E-state index is 0.153. The molecule has 1 aromatic heterocycles. The lowest BCUT2D eigenvalue weighted by Gasteiger charge is -2.05. The third-order valence-corrected chi connectivity index (χ3v) is 4.70. The number of hydrogen-bond donors (Lipinski definition) is 1. The van der Waals surface area contributed by atoms with E-state index in [4.69, 9.17) is 6.42 Å². The van der Waals surface area contributed by atoms with Crippen molar-refractivity contribution in [2.75, 3.05) is 0 Å². The van der Waals surface area contributed by atoms with Crippen molar-refractivity contribution >= 4 is 33.8 Å². The molecule has 1 amide bonds. The number of carbonyl (C=O) groups excluding carboxylic acids is 1. The van der Waals surface area contributed by atoms with Crippen molar-refractivity contribution in [1.29, 1.82) is 0 Å². The second kappa shape index (κ2) is 7.81. The third-order valence-electron chi connectivity index (χ3n) is 4.70. The van der Waals surface area contributed by atoms with E-state index in [9.17, 15) is 4.79 Å². The fraction of sp³-hybridized carbons (Fsp3) is 0.0833. The molecule has 136 valence electrons. The molecule has 28 heavy (non-hydrogen) atoms. The number of hydrazone groups is 1. The lowest BCUT2D eigenvalue weighted by atomic mass is 10.0. The summed E-state index contributed by atoms with van der Waals surface area (Å²) in [7, 11) is 0. The fourth-order valence-electron chi connectivity index (χ4n) is 3.44. The third kappa shape index (κ3) is 3.51. The Morgan fingerprint density at radius 3 is 2.64 bits per heavy atom. The first-order valence-corrected chi connectivity index (χ1v) is 9.06. The summed E-state index contributed by atoms with van der Waals surface area (Å²) in [5, 5.41) is 7.41. The van der Waals surface area contributed by atoms with Crippen molar-refractivity contribution in [2.45, 2.75) is 13.0 Å². The van der Waals surface area contributed by atoms with Crippen LogP contribution in [0.2, 0.25) is 0 Å². The SMILES string of the molecule is C#CCn1cc(/C=N\NC(=O)Cc2cccc3ccccc23)c2ccccc21. The smallest absolute Gasteiger partial charge is 0.244 e. The van der Waals surface area contributed by atoms with Crippen LogP contribution < -0.4 is 5.43 Å². The van der Waals surface area contributed by atoms with Gasteiger partial charge in [0.1, 0.15) is 0 Å². The van der Waals surface area contributed by atoms with Gasteiger partial charge < -0.3 is 4.57 Å². The summed E-state index contributed by atoms with van der Waals surface area (Å²) in [6, 6.07) is 22.0. The molecule has 1 N–H and O–H groups in total. The molecule has 3 aromatic carbocycles. The quantitative estimate of drug-likeness (QED) is 0.323. The average Bonchev–Trinajstić information content (AvgIpc) is 3.06. The summed E-state index contributed by atoms with van der Waals surface area (Å²) < 4.78 is 1.99. The van der Waals surface area contributed by atoms with Crippen LogP contribution in [-0.4, -0.2) is 16.7 Å². The zero-order chi connectivity index (χ0) is 19.3. The van der Waals surface area contributed by atoms with Crippen LogP contribution in [0.25, 0.3) is 21.7 Å². The highest BCUT2D eigenvalue weighted by molar-refractivity contribution is 6.00. The van der Waals surface area contributed by atoms with Crippen molar-refractivity contribution < 1.29 is 4.79 Å². The summed E-state index contributed by atoms with van der Waals surface area (Å²) in [5.74, 6) is 2.50. The van der Waals surface area contributed by atoms with Crippen molar-refractivity contribution in [3.05, 3.63) is 84.1 Å². The van der Waals surface area contributed by atoms with E-state index in [2.05, 4.69) is 16.4 Å². The highest BCUT2D eigenvalue weighted by Crippen LogP contribution is 2.20. The lowest BCUT2D eigenvalue weighted by molar-refractivity contribution is -0.120. The van der Waals surface area contributed by atoms with E-state index in [1.807, 2.05) is 77.5 Å². The average molecular weight is 365 g/mol. The van der Waals surface area contributed by atoms with E-state index in [0.29, 0.717) is 6.54 Å². The Morgan fingerprint density at radius 2 is 1.79 bits per heavy atom. The van der Waals surface area contributed by atoms with Gasteiger partial charge in [-0.05, 0) is 22.4 Å². The zero-order valence-corrected chi connectivity index (χ0v) is 15.3. The summed E-state index contributed by atoms with van der Waals surface area (Å²) in [6.45, 7) is 0.488.